The first kappa shape index (κ1) is 27.5. The average Bonchev–Trinajstić information content (AvgIpc) is 3.65. The van der Waals surface area contributed by atoms with Crippen LogP contribution in [0.4, 0.5) is 17.1 Å². The maximum absolute atomic E-state index is 8.14. The fourth-order valence-electron chi connectivity index (χ4n) is 7.01. The van der Waals surface area contributed by atoms with E-state index in [-0.39, 0.29) is 27.7 Å². The summed E-state index contributed by atoms with van der Waals surface area (Å²) in [5.41, 5.74) is 10.8. The third kappa shape index (κ3) is 5.07. The van der Waals surface area contributed by atoms with E-state index in [4.69, 9.17) is 9.10 Å². The summed E-state index contributed by atoms with van der Waals surface area (Å²) in [6.07, 6.45) is 1.90. The van der Waals surface area contributed by atoms with Crippen molar-refractivity contribution in [3.8, 4) is 16.9 Å². The second-order valence-electron chi connectivity index (χ2n) is 12.7. The Morgan fingerprint density at radius 3 is 2.28 bits per heavy atom. The molecular formula is C42H36N4Pt. The van der Waals surface area contributed by atoms with Crippen LogP contribution in [0, 0.1) is 26.0 Å². The molecule has 0 amide bonds. The van der Waals surface area contributed by atoms with Gasteiger partial charge in [-0.05, 0) is 77.2 Å². The molecule has 3 heterocycles. The molecule has 4 nitrogen and oxygen atoms in total. The smallest absolute Gasteiger partial charge is 0.355 e. The van der Waals surface area contributed by atoms with Gasteiger partial charge in [-0.25, -0.2) is 4.98 Å². The van der Waals surface area contributed by atoms with Gasteiger partial charge in [-0.3, -0.25) is 0 Å². The summed E-state index contributed by atoms with van der Waals surface area (Å²) in [5, 5.41) is 2.27. The van der Waals surface area contributed by atoms with Crippen LogP contribution in [0.15, 0.2) is 115 Å². The molecule has 5 aromatic carbocycles. The Balaban J connectivity index is 0.00000392. The van der Waals surface area contributed by atoms with E-state index in [0.29, 0.717) is 5.69 Å². The Morgan fingerprint density at radius 1 is 0.745 bits per heavy atom. The van der Waals surface area contributed by atoms with Crippen LogP contribution < -0.4 is 9.80 Å². The zero-order valence-corrected chi connectivity index (χ0v) is 29.1. The SMILES string of the molecule is [2H]C([2H])([2H])N1CN(c2[c-]c(C(C)(C)c3[c-]c4c(cc3)c3ccccc3n4-c3cc(-c4c(C)cccc4C)ccn3)ccc2)c2ccccc21.[Pt+2]. The summed E-state index contributed by atoms with van der Waals surface area (Å²) in [6.45, 7) is 6.67. The average molecular weight is 795 g/mol. The number of fused-ring (bicyclic) bond motifs is 4. The number of benzene rings is 5. The van der Waals surface area contributed by atoms with E-state index < -0.39 is 12.4 Å². The number of hydrogen-bond acceptors (Lipinski definition) is 3. The molecule has 8 rings (SSSR count). The number of anilines is 3. The van der Waals surface area contributed by atoms with Gasteiger partial charge in [0.15, 0.2) is 0 Å². The predicted octanol–water partition coefficient (Wildman–Crippen LogP) is 9.93. The molecule has 234 valence electrons. The molecule has 0 fully saturated rings. The van der Waals surface area contributed by atoms with Gasteiger partial charge in [0.05, 0.1) is 18.0 Å². The summed E-state index contributed by atoms with van der Waals surface area (Å²) in [7, 11) is 0. The maximum Gasteiger partial charge on any atom is 2.00 e. The van der Waals surface area contributed by atoms with E-state index in [9.17, 15) is 0 Å². The Kier molecular flexibility index (Phi) is 6.92. The Bertz CT molecular complexity index is 2370. The number of rotatable bonds is 5. The van der Waals surface area contributed by atoms with Crippen molar-refractivity contribution in [1.29, 1.82) is 0 Å². The van der Waals surface area contributed by atoms with Gasteiger partial charge in [-0.2, -0.15) is 47.5 Å². The van der Waals surface area contributed by atoms with Crippen molar-refractivity contribution in [1.82, 2.24) is 9.55 Å². The Labute approximate surface area is 295 Å². The molecule has 1 aliphatic rings. The minimum Gasteiger partial charge on any atom is -0.355 e. The fourth-order valence-corrected chi connectivity index (χ4v) is 7.01. The van der Waals surface area contributed by atoms with Crippen molar-refractivity contribution >= 4 is 38.9 Å². The quantitative estimate of drug-likeness (QED) is 0.162. The molecule has 0 spiro atoms. The van der Waals surface area contributed by atoms with Gasteiger partial charge in [-0.15, -0.1) is 11.5 Å². The zero-order chi connectivity index (χ0) is 34.1. The number of pyridine rings is 1. The van der Waals surface area contributed by atoms with Crippen LogP contribution >= 0.6 is 0 Å². The standard InChI is InChI=1S/C42H36N4.Pt/c1-28-12-10-13-29(2)41(28)30-22-23-43-40(24-30)46-36-17-7-6-16-34(36)35-21-20-32(26-39(35)46)42(3,4)31-14-11-15-33(25-31)45-27-44(5)37-18-8-9-19-38(37)45;/h6-24H,27H2,1-5H3;/q-2;+2/i5D3;. The molecule has 0 aliphatic carbocycles. The van der Waals surface area contributed by atoms with Gasteiger partial charge in [0.25, 0.3) is 0 Å². The summed E-state index contributed by atoms with van der Waals surface area (Å²) >= 11 is 0. The maximum atomic E-state index is 8.14. The number of aromatic nitrogens is 2. The summed E-state index contributed by atoms with van der Waals surface area (Å²) in [5.74, 6) is 0.845. The normalized spacial score (nSPS) is 14.1. The molecule has 0 N–H and O–H groups in total. The monoisotopic (exact) mass is 794 g/mol. The molecule has 0 atom stereocenters. The van der Waals surface area contributed by atoms with Crippen LogP contribution in [0.1, 0.15) is 40.2 Å². The summed E-state index contributed by atoms with van der Waals surface area (Å²) in [6, 6.07) is 44.8. The van der Waals surface area contributed by atoms with Gasteiger partial charge in [-0.1, -0.05) is 73.6 Å². The first-order chi connectivity index (χ1) is 23.5. The topological polar surface area (TPSA) is 24.3 Å². The first-order valence-corrected chi connectivity index (χ1v) is 15.7. The Hall–Kier alpha value is -4.66. The van der Waals surface area contributed by atoms with Crippen LogP contribution in [0.25, 0.3) is 38.8 Å². The molecule has 5 heteroatoms. The van der Waals surface area contributed by atoms with E-state index in [1.165, 1.54) is 21.6 Å². The second kappa shape index (κ2) is 11.9. The first-order valence-electron chi connectivity index (χ1n) is 17.2. The summed E-state index contributed by atoms with van der Waals surface area (Å²) < 4.78 is 26.6. The molecule has 1 aliphatic heterocycles. The summed E-state index contributed by atoms with van der Waals surface area (Å²) in [4.78, 5) is 8.40. The van der Waals surface area contributed by atoms with Gasteiger partial charge in [0.1, 0.15) is 5.82 Å². The molecule has 0 saturated carbocycles. The van der Waals surface area contributed by atoms with E-state index in [2.05, 4.69) is 117 Å². The number of hydrogen-bond donors (Lipinski definition) is 0. The van der Waals surface area contributed by atoms with Crippen LogP contribution in [0.5, 0.6) is 0 Å². The molecular weight excluding hydrogens is 756 g/mol. The fraction of sp³-hybridized carbons (Fsp3) is 0.167. The molecule has 0 saturated heterocycles. The molecule has 2 aromatic heterocycles. The van der Waals surface area contributed by atoms with Crippen molar-refractivity contribution in [2.75, 3.05) is 23.4 Å². The van der Waals surface area contributed by atoms with Crippen LogP contribution in [0.3, 0.4) is 0 Å². The number of para-hydroxylation sites is 3. The Morgan fingerprint density at radius 2 is 1.47 bits per heavy atom. The minimum atomic E-state index is -2.25. The van der Waals surface area contributed by atoms with Crippen molar-refractivity contribution in [3.05, 3.63) is 150 Å². The minimum absolute atomic E-state index is 0. The van der Waals surface area contributed by atoms with E-state index in [1.54, 1.807) is 0 Å². The largest absolute Gasteiger partial charge is 2.00 e. The van der Waals surface area contributed by atoms with Crippen molar-refractivity contribution < 1.29 is 25.2 Å². The van der Waals surface area contributed by atoms with Crippen LogP contribution in [-0.2, 0) is 26.5 Å². The predicted molar refractivity (Wildman–Crippen MR) is 192 cm³/mol. The third-order valence-corrected chi connectivity index (χ3v) is 9.49. The van der Waals surface area contributed by atoms with E-state index in [0.717, 1.165) is 55.7 Å². The number of aryl methyl sites for hydroxylation is 2. The van der Waals surface area contributed by atoms with E-state index >= 15 is 0 Å². The molecule has 47 heavy (non-hydrogen) atoms. The van der Waals surface area contributed by atoms with Gasteiger partial charge in [0, 0.05) is 22.8 Å². The van der Waals surface area contributed by atoms with Gasteiger partial charge < -0.3 is 14.4 Å². The molecule has 0 radical (unpaired) electrons. The van der Waals surface area contributed by atoms with Gasteiger partial charge >= 0.3 is 21.1 Å². The third-order valence-electron chi connectivity index (χ3n) is 9.49. The van der Waals surface area contributed by atoms with Crippen molar-refractivity contribution in [3.63, 3.8) is 0 Å². The van der Waals surface area contributed by atoms with Crippen LogP contribution in [-0.4, -0.2) is 23.2 Å². The molecule has 0 unspecified atom stereocenters. The molecule has 0 bridgehead atoms. The zero-order valence-electron chi connectivity index (χ0n) is 29.8. The molecule has 7 aromatic rings. The second-order valence-corrected chi connectivity index (χ2v) is 12.7. The van der Waals surface area contributed by atoms with E-state index in [1.807, 2.05) is 47.5 Å². The number of nitrogens with zero attached hydrogens (tertiary/aromatic N) is 4. The van der Waals surface area contributed by atoms with Crippen molar-refractivity contribution in [2.45, 2.75) is 33.1 Å². The van der Waals surface area contributed by atoms with Crippen molar-refractivity contribution in [2.24, 2.45) is 0 Å². The van der Waals surface area contributed by atoms with Crippen LogP contribution in [0.2, 0.25) is 0 Å². The van der Waals surface area contributed by atoms with Gasteiger partial charge in [0.2, 0.25) is 0 Å².